The van der Waals surface area contributed by atoms with Crippen molar-refractivity contribution in [2.24, 2.45) is 0 Å². The molecule has 22 heavy (non-hydrogen) atoms. The highest BCUT2D eigenvalue weighted by atomic mass is 19.1. The quantitative estimate of drug-likeness (QED) is 0.869. The minimum Gasteiger partial charge on any atom is -0.491 e. The molecule has 0 radical (unpaired) electrons. The Balaban J connectivity index is 2.28. The van der Waals surface area contributed by atoms with Gasteiger partial charge in [0.1, 0.15) is 11.6 Å². The van der Waals surface area contributed by atoms with E-state index in [9.17, 15) is 9.18 Å². The fraction of sp³-hybridized carbons (Fsp3) is 0.278. The lowest BCUT2D eigenvalue weighted by atomic mass is 9.88. The fourth-order valence-corrected chi connectivity index (χ4v) is 2.35. The maximum Gasteiger partial charge on any atom is 0.304 e. The lowest BCUT2D eigenvalue weighted by Gasteiger charge is -2.17. The zero-order valence-corrected chi connectivity index (χ0v) is 12.6. The molecule has 1 atom stereocenters. The third-order valence-electron chi connectivity index (χ3n) is 3.31. The molecule has 116 valence electrons. The normalized spacial score (nSPS) is 12.2. The topological polar surface area (TPSA) is 46.5 Å². The molecule has 0 amide bonds. The van der Waals surface area contributed by atoms with E-state index >= 15 is 0 Å². The van der Waals surface area contributed by atoms with Gasteiger partial charge in [0.05, 0.1) is 12.5 Å². The van der Waals surface area contributed by atoms with Gasteiger partial charge < -0.3 is 9.84 Å². The molecule has 0 aliphatic heterocycles. The van der Waals surface area contributed by atoms with Crippen LogP contribution in [-0.4, -0.2) is 17.2 Å². The van der Waals surface area contributed by atoms with Crippen molar-refractivity contribution in [1.29, 1.82) is 0 Å². The van der Waals surface area contributed by atoms with E-state index in [1.54, 1.807) is 12.1 Å². The van der Waals surface area contributed by atoms with Gasteiger partial charge in [0.15, 0.2) is 0 Å². The van der Waals surface area contributed by atoms with Crippen molar-refractivity contribution in [2.45, 2.75) is 32.3 Å². The lowest BCUT2D eigenvalue weighted by Crippen LogP contribution is -2.09. The molecule has 4 heteroatoms. The molecule has 2 aromatic rings. The molecule has 0 aliphatic carbocycles. The Kier molecular flexibility index (Phi) is 5.15. The van der Waals surface area contributed by atoms with Crippen LogP contribution in [0.5, 0.6) is 5.75 Å². The Morgan fingerprint density at radius 2 is 1.55 bits per heavy atom. The maximum absolute atomic E-state index is 13.1. The second-order valence-corrected chi connectivity index (χ2v) is 5.44. The van der Waals surface area contributed by atoms with Crippen LogP contribution in [0, 0.1) is 5.82 Å². The average molecular weight is 302 g/mol. The van der Waals surface area contributed by atoms with E-state index in [2.05, 4.69) is 0 Å². The first-order chi connectivity index (χ1) is 10.5. The Morgan fingerprint density at radius 1 is 1.05 bits per heavy atom. The van der Waals surface area contributed by atoms with Crippen LogP contribution in [-0.2, 0) is 4.79 Å². The summed E-state index contributed by atoms with van der Waals surface area (Å²) in [6.45, 7) is 3.89. The number of hydrogen-bond acceptors (Lipinski definition) is 2. The summed E-state index contributed by atoms with van der Waals surface area (Å²) in [5.74, 6) is -0.798. The van der Waals surface area contributed by atoms with E-state index in [-0.39, 0.29) is 24.3 Å². The maximum atomic E-state index is 13.1. The molecule has 0 fully saturated rings. The van der Waals surface area contributed by atoms with Gasteiger partial charge in [-0.1, -0.05) is 24.3 Å². The van der Waals surface area contributed by atoms with Gasteiger partial charge in [-0.15, -0.1) is 0 Å². The minimum atomic E-state index is -0.892. The summed E-state index contributed by atoms with van der Waals surface area (Å²) in [4.78, 5) is 11.1. The van der Waals surface area contributed by atoms with Crippen LogP contribution in [0.15, 0.2) is 48.5 Å². The van der Waals surface area contributed by atoms with E-state index in [0.29, 0.717) is 0 Å². The van der Waals surface area contributed by atoms with Crippen molar-refractivity contribution in [3.8, 4) is 5.75 Å². The zero-order valence-electron chi connectivity index (χ0n) is 12.6. The number of ether oxygens (including phenoxy) is 1. The highest BCUT2D eigenvalue weighted by Crippen LogP contribution is 2.29. The van der Waals surface area contributed by atoms with Gasteiger partial charge in [0, 0.05) is 5.92 Å². The van der Waals surface area contributed by atoms with Crippen LogP contribution >= 0.6 is 0 Å². The molecule has 0 saturated heterocycles. The Hall–Kier alpha value is -2.36. The van der Waals surface area contributed by atoms with Crippen LogP contribution in [0.3, 0.4) is 0 Å². The molecule has 0 unspecified atom stereocenters. The number of carboxylic acids is 1. The summed E-state index contributed by atoms with van der Waals surface area (Å²) in [6, 6.07) is 13.3. The number of carboxylic acid groups (broad SMARTS) is 1. The standard InChI is InChI=1S/C18H19FO3/c1-12(2)22-16-9-5-14(6-10-16)17(11-18(20)21)13-3-7-15(19)8-4-13/h3-10,12,17H,11H2,1-2H3,(H,20,21)/t17-/m0/s1. The lowest BCUT2D eigenvalue weighted by molar-refractivity contribution is -0.137. The molecule has 0 heterocycles. The summed E-state index contributed by atoms with van der Waals surface area (Å²) in [7, 11) is 0. The van der Waals surface area contributed by atoms with Crippen molar-refractivity contribution in [2.75, 3.05) is 0 Å². The van der Waals surface area contributed by atoms with Crippen LogP contribution in [0.25, 0.3) is 0 Å². The minimum absolute atomic E-state index is 0.0456. The highest BCUT2D eigenvalue weighted by Gasteiger charge is 2.18. The van der Waals surface area contributed by atoms with E-state index in [1.165, 1.54) is 12.1 Å². The van der Waals surface area contributed by atoms with Gasteiger partial charge in [-0.3, -0.25) is 4.79 Å². The van der Waals surface area contributed by atoms with Crippen LogP contribution < -0.4 is 4.74 Å². The Labute approximate surface area is 129 Å². The molecule has 1 N–H and O–H groups in total. The molecule has 0 aromatic heterocycles. The molecular formula is C18H19FO3. The van der Waals surface area contributed by atoms with Crippen molar-refractivity contribution in [3.63, 3.8) is 0 Å². The summed E-state index contributed by atoms with van der Waals surface area (Å²) >= 11 is 0. The highest BCUT2D eigenvalue weighted by molar-refractivity contribution is 5.69. The van der Waals surface area contributed by atoms with Gasteiger partial charge in [-0.25, -0.2) is 4.39 Å². The van der Waals surface area contributed by atoms with Gasteiger partial charge in [0.25, 0.3) is 0 Å². The van der Waals surface area contributed by atoms with Crippen molar-refractivity contribution in [3.05, 3.63) is 65.5 Å². The van der Waals surface area contributed by atoms with Crippen LogP contribution in [0.4, 0.5) is 4.39 Å². The molecule has 2 aromatic carbocycles. The van der Waals surface area contributed by atoms with Crippen LogP contribution in [0.1, 0.15) is 37.3 Å². The van der Waals surface area contributed by atoms with Gasteiger partial charge in [0.2, 0.25) is 0 Å². The second-order valence-electron chi connectivity index (χ2n) is 5.44. The zero-order chi connectivity index (χ0) is 16.1. The van der Waals surface area contributed by atoms with Gasteiger partial charge in [-0.05, 0) is 49.2 Å². The summed E-state index contributed by atoms with van der Waals surface area (Å²) in [5.41, 5.74) is 1.64. The molecule has 0 spiro atoms. The summed E-state index contributed by atoms with van der Waals surface area (Å²) in [6.07, 6.45) is 0.0356. The second kappa shape index (κ2) is 7.07. The SMILES string of the molecule is CC(C)Oc1ccc([C@@H](CC(=O)O)c2ccc(F)cc2)cc1. The number of hydrogen-bond donors (Lipinski definition) is 1. The fourth-order valence-electron chi connectivity index (χ4n) is 2.35. The number of rotatable bonds is 6. The summed E-state index contributed by atoms with van der Waals surface area (Å²) < 4.78 is 18.6. The number of aliphatic carboxylic acids is 1. The van der Waals surface area contributed by atoms with E-state index in [4.69, 9.17) is 9.84 Å². The molecule has 0 bridgehead atoms. The average Bonchev–Trinajstić information content (AvgIpc) is 2.46. The molecule has 0 saturated carbocycles. The first kappa shape index (κ1) is 16.0. The Morgan fingerprint density at radius 3 is 2.00 bits per heavy atom. The molecule has 3 nitrogen and oxygen atoms in total. The van der Waals surface area contributed by atoms with Crippen molar-refractivity contribution >= 4 is 5.97 Å². The predicted molar refractivity (Wildman–Crippen MR) is 82.7 cm³/mol. The first-order valence-corrected chi connectivity index (χ1v) is 7.19. The first-order valence-electron chi connectivity index (χ1n) is 7.19. The number of benzene rings is 2. The van der Waals surface area contributed by atoms with Crippen LogP contribution in [0.2, 0.25) is 0 Å². The molecular weight excluding hydrogens is 283 g/mol. The largest absolute Gasteiger partial charge is 0.491 e. The summed E-state index contributed by atoms with van der Waals surface area (Å²) in [5, 5.41) is 9.14. The van der Waals surface area contributed by atoms with E-state index < -0.39 is 5.97 Å². The van der Waals surface area contributed by atoms with E-state index in [0.717, 1.165) is 16.9 Å². The third-order valence-corrected chi connectivity index (χ3v) is 3.31. The van der Waals surface area contributed by atoms with Gasteiger partial charge in [-0.2, -0.15) is 0 Å². The van der Waals surface area contributed by atoms with Crippen molar-refractivity contribution < 1.29 is 19.0 Å². The van der Waals surface area contributed by atoms with Gasteiger partial charge >= 0.3 is 5.97 Å². The monoisotopic (exact) mass is 302 g/mol. The molecule has 2 rings (SSSR count). The van der Waals surface area contributed by atoms with Crippen molar-refractivity contribution in [1.82, 2.24) is 0 Å². The number of halogens is 1. The third kappa shape index (κ3) is 4.32. The van der Waals surface area contributed by atoms with E-state index in [1.807, 2.05) is 38.1 Å². The smallest absolute Gasteiger partial charge is 0.304 e. The molecule has 0 aliphatic rings. The number of carbonyl (C=O) groups is 1. The Bertz CT molecular complexity index is 618. The predicted octanol–water partition coefficient (Wildman–Crippen LogP) is 4.22.